The number of nitrogens with zero attached hydrogens (tertiary/aromatic N) is 1. The molecular formula is C14H9ClN2O. The first-order chi connectivity index (χ1) is 8.78. The first-order valence-electron chi connectivity index (χ1n) is 5.47. The van der Waals surface area contributed by atoms with Crippen molar-refractivity contribution in [3.63, 3.8) is 0 Å². The Morgan fingerprint density at radius 1 is 1.11 bits per heavy atom. The van der Waals surface area contributed by atoms with Gasteiger partial charge in [-0.1, -0.05) is 35.9 Å². The molecule has 3 aromatic rings. The predicted octanol–water partition coefficient (Wildman–Crippen LogP) is 3.70. The van der Waals surface area contributed by atoms with Gasteiger partial charge in [0.1, 0.15) is 6.29 Å². The van der Waals surface area contributed by atoms with Crippen molar-refractivity contribution < 1.29 is 4.79 Å². The van der Waals surface area contributed by atoms with E-state index in [1.54, 1.807) is 12.1 Å². The molecule has 0 bridgehead atoms. The van der Waals surface area contributed by atoms with Crippen molar-refractivity contribution in [1.82, 2.24) is 10.2 Å². The molecule has 0 spiro atoms. The molecule has 1 heterocycles. The monoisotopic (exact) mass is 256 g/mol. The van der Waals surface area contributed by atoms with Gasteiger partial charge in [-0.25, -0.2) is 0 Å². The standard InChI is InChI=1S/C14H9ClN2O/c15-11-5-6-12-13(7-11)16-17-14(12)10-3-1-9(8-18)2-4-10/h1-8H,(H,16,17). The topological polar surface area (TPSA) is 45.8 Å². The highest BCUT2D eigenvalue weighted by atomic mass is 35.5. The van der Waals surface area contributed by atoms with E-state index in [9.17, 15) is 4.79 Å². The Morgan fingerprint density at radius 3 is 2.61 bits per heavy atom. The molecule has 18 heavy (non-hydrogen) atoms. The summed E-state index contributed by atoms with van der Waals surface area (Å²) in [5.41, 5.74) is 3.38. The second-order valence-corrected chi connectivity index (χ2v) is 4.44. The zero-order chi connectivity index (χ0) is 12.5. The maximum Gasteiger partial charge on any atom is 0.150 e. The molecule has 0 saturated carbocycles. The average molecular weight is 257 g/mol. The van der Waals surface area contributed by atoms with Gasteiger partial charge in [-0.05, 0) is 18.2 Å². The molecule has 1 aromatic heterocycles. The fourth-order valence-corrected chi connectivity index (χ4v) is 2.10. The van der Waals surface area contributed by atoms with Crippen LogP contribution in [0.2, 0.25) is 5.02 Å². The third kappa shape index (κ3) is 1.79. The van der Waals surface area contributed by atoms with Gasteiger partial charge in [0.25, 0.3) is 0 Å². The molecule has 0 atom stereocenters. The van der Waals surface area contributed by atoms with Gasteiger partial charge < -0.3 is 0 Å². The van der Waals surface area contributed by atoms with Crippen LogP contribution < -0.4 is 0 Å². The lowest BCUT2D eigenvalue weighted by atomic mass is 10.1. The van der Waals surface area contributed by atoms with Crippen molar-refractivity contribution in [2.24, 2.45) is 0 Å². The molecule has 0 unspecified atom stereocenters. The van der Waals surface area contributed by atoms with Crippen LogP contribution in [0.4, 0.5) is 0 Å². The quantitative estimate of drug-likeness (QED) is 0.711. The van der Waals surface area contributed by atoms with Crippen LogP contribution in [-0.4, -0.2) is 16.5 Å². The number of carbonyl (C=O) groups excluding carboxylic acids is 1. The van der Waals surface area contributed by atoms with E-state index in [2.05, 4.69) is 10.2 Å². The summed E-state index contributed by atoms with van der Waals surface area (Å²) in [7, 11) is 0. The average Bonchev–Trinajstić information content (AvgIpc) is 2.81. The van der Waals surface area contributed by atoms with E-state index in [0.717, 1.165) is 28.4 Å². The lowest BCUT2D eigenvalue weighted by molar-refractivity contribution is 0.112. The van der Waals surface area contributed by atoms with E-state index < -0.39 is 0 Å². The molecule has 3 nitrogen and oxygen atoms in total. The smallest absolute Gasteiger partial charge is 0.150 e. The summed E-state index contributed by atoms with van der Waals surface area (Å²) in [5.74, 6) is 0. The van der Waals surface area contributed by atoms with E-state index in [4.69, 9.17) is 11.6 Å². The van der Waals surface area contributed by atoms with E-state index in [1.165, 1.54) is 0 Å². The maximum atomic E-state index is 10.6. The Morgan fingerprint density at radius 2 is 1.89 bits per heavy atom. The molecular weight excluding hydrogens is 248 g/mol. The second kappa shape index (κ2) is 4.27. The fraction of sp³-hybridized carbons (Fsp3) is 0. The molecule has 0 aliphatic rings. The van der Waals surface area contributed by atoms with Crippen molar-refractivity contribution in [2.45, 2.75) is 0 Å². The Hall–Kier alpha value is -2.13. The number of hydrogen-bond donors (Lipinski definition) is 1. The van der Waals surface area contributed by atoms with E-state index in [0.29, 0.717) is 10.6 Å². The van der Waals surface area contributed by atoms with Gasteiger partial charge in [0.2, 0.25) is 0 Å². The van der Waals surface area contributed by atoms with E-state index >= 15 is 0 Å². The molecule has 0 radical (unpaired) electrons. The number of nitrogens with one attached hydrogen (secondary N) is 1. The van der Waals surface area contributed by atoms with Crippen molar-refractivity contribution in [3.05, 3.63) is 53.1 Å². The van der Waals surface area contributed by atoms with Crippen LogP contribution in [0.5, 0.6) is 0 Å². The van der Waals surface area contributed by atoms with E-state index in [1.807, 2.05) is 30.3 Å². The molecule has 2 aromatic carbocycles. The summed E-state index contributed by atoms with van der Waals surface area (Å²) in [5, 5.41) is 8.93. The summed E-state index contributed by atoms with van der Waals surface area (Å²) >= 11 is 5.93. The number of rotatable bonds is 2. The Bertz CT molecular complexity index is 716. The summed E-state index contributed by atoms with van der Waals surface area (Å²) in [6, 6.07) is 12.9. The number of fused-ring (bicyclic) bond motifs is 1. The first kappa shape index (κ1) is 11.0. The van der Waals surface area contributed by atoms with Gasteiger partial charge in [0, 0.05) is 21.5 Å². The number of halogens is 1. The predicted molar refractivity (Wildman–Crippen MR) is 71.9 cm³/mol. The number of hydrogen-bond acceptors (Lipinski definition) is 2. The van der Waals surface area contributed by atoms with Crippen LogP contribution in [0.15, 0.2) is 42.5 Å². The van der Waals surface area contributed by atoms with Crippen LogP contribution in [0.25, 0.3) is 22.2 Å². The summed E-state index contributed by atoms with van der Waals surface area (Å²) in [6.07, 6.45) is 0.826. The van der Waals surface area contributed by atoms with Gasteiger partial charge in [0.05, 0.1) is 11.2 Å². The molecule has 0 aliphatic heterocycles. The molecule has 0 amide bonds. The van der Waals surface area contributed by atoms with Crippen LogP contribution >= 0.6 is 11.6 Å². The number of benzene rings is 2. The summed E-state index contributed by atoms with van der Waals surface area (Å²) in [6.45, 7) is 0. The Kier molecular flexibility index (Phi) is 2.61. The van der Waals surface area contributed by atoms with Gasteiger partial charge in [-0.2, -0.15) is 5.10 Å². The normalized spacial score (nSPS) is 10.7. The van der Waals surface area contributed by atoms with Crippen LogP contribution in [-0.2, 0) is 0 Å². The van der Waals surface area contributed by atoms with Crippen LogP contribution in [0, 0.1) is 0 Å². The molecule has 0 saturated heterocycles. The molecule has 3 rings (SSSR count). The molecule has 4 heteroatoms. The fourth-order valence-electron chi connectivity index (χ4n) is 1.93. The lowest BCUT2D eigenvalue weighted by Gasteiger charge is -1.98. The van der Waals surface area contributed by atoms with Crippen molar-refractivity contribution in [2.75, 3.05) is 0 Å². The van der Waals surface area contributed by atoms with Crippen molar-refractivity contribution in [1.29, 1.82) is 0 Å². The van der Waals surface area contributed by atoms with Crippen LogP contribution in [0.1, 0.15) is 10.4 Å². The number of carbonyl (C=O) groups is 1. The highest BCUT2D eigenvalue weighted by Crippen LogP contribution is 2.27. The highest BCUT2D eigenvalue weighted by molar-refractivity contribution is 6.31. The minimum atomic E-state index is 0.654. The molecule has 88 valence electrons. The highest BCUT2D eigenvalue weighted by Gasteiger charge is 2.08. The lowest BCUT2D eigenvalue weighted by Crippen LogP contribution is -1.82. The third-order valence-corrected chi connectivity index (χ3v) is 3.08. The largest absolute Gasteiger partial charge is 0.298 e. The third-order valence-electron chi connectivity index (χ3n) is 2.85. The minimum Gasteiger partial charge on any atom is -0.298 e. The van der Waals surface area contributed by atoms with Crippen molar-refractivity contribution >= 4 is 28.8 Å². The zero-order valence-corrected chi connectivity index (χ0v) is 10.1. The van der Waals surface area contributed by atoms with Gasteiger partial charge in [-0.3, -0.25) is 9.89 Å². The maximum absolute atomic E-state index is 10.6. The molecule has 0 aliphatic carbocycles. The molecule has 0 fully saturated rings. The van der Waals surface area contributed by atoms with Crippen molar-refractivity contribution in [3.8, 4) is 11.3 Å². The van der Waals surface area contributed by atoms with Gasteiger partial charge in [0.15, 0.2) is 0 Å². The summed E-state index contributed by atoms with van der Waals surface area (Å²) in [4.78, 5) is 10.6. The summed E-state index contributed by atoms with van der Waals surface area (Å²) < 4.78 is 0. The number of aromatic nitrogens is 2. The SMILES string of the molecule is O=Cc1ccc(-c2n[nH]c3cc(Cl)ccc23)cc1. The Labute approximate surface area is 108 Å². The zero-order valence-electron chi connectivity index (χ0n) is 9.35. The van der Waals surface area contributed by atoms with Gasteiger partial charge in [-0.15, -0.1) is 0 Å². The molecule has 1 N–H and O–H groups in total. The van der Waals surface area contributed by atoms with Gasteiger partial charge >= 0.3 is 0 Å². The number of aldehydes is 1. The van der Waals surface area contributed by atoms with E-state index in [-0.39, 0.29) is 0 Å². The first-order valence-corrected chi connectivity index (χ1v) is 5.85. The minimum absolute atomic E-state index is 0.654. The number of aromatic amines is 1. The van der Waals surface area contributed by atoms with Crippen LogP contribution in [0.3, 0.4) is 0 Å². The Balaban J connectivity index is 2.15. The second-order valence-electron chi connectivity index (χ2n) is 4.00. The number of H-pyrrole nitrogens is 1.